The molecule has 0 spiro atoms. The highest BCUT2D eigenvalue weighted by Gasteiger charge is 2.17. The number of nitro benzene ring substituents is 1. The number of oxazole rings is 1. The van der Waals surface area contributed by atoms with Crippen LogP contribution in [0.3, 0.4) is 0 Å². The zero-order valence-corrected chi connectivity index (χ0v) is 11.3. The summed E-state index contributed by atoms with van der Waals surface area (Å²) >= 11 is 1.56. The molecule has 8 heteroatoms. The first-order chi connectivity index (χ1) is 9.63. The predicted octanol–water partition coefficient (Wildman–Crippen LogP) is 3.11. The average Bonchev–Trinajstić information content (AvgIpc) is 3.01. The molecule has 2 heterocycles. The SMILES string of the molecule is Cc1nc(CNc2nc3c([N+](=O)[O-])cccc3o2)cs1. The van der Waals surface area contributed by atoms with E-state index in [2.05, 4.69) is 15.3 Å². The van der Waals surface area contributed by atoms with Gasteiger partial charge in [-0.15, -0.1) is 11.3 Å². The van der Waals surface area contributed by atoms with E-state index >= 15 is 0 Å². The summed E-state index contributed by atoms with van der Waals surface area (Å²) in [4.78, 5) is 18.8. The van der Waals surface area contributed by atoms with Gasteiger partial charge in [0.25, 0.3) is 11.7 Å². The van der Waals surface area contributed by atoms with Crippen LogP contribution in [-0.4, -0.2) is 14.9 Å². The fraction of sp³-hybridized carbons (Fsp3) is 0.167. The number of rotatable bonds is 4. The Balaban J connectivity index is 1.86. The van der Waals surface area contributed by atoms with Gasteiger partial charge in [0.2, 0.25) is 0 Å². The maximum atomic E-state index is 10.9. The number of nitrogens with zero attached hydrogens (tertiary/aromatic N) is 3. The number of nitro groups is 1. The zero-order chi connectivity index (χ0) is 14.1. The third kappa shape index (κ3) is 2.32. The highest BCUT2D eigenvalue weighted by Crippen LogP contribution is 2.27. The molecule has 2 aromatic heterocycles. The standard InChI is InChI=1S/C12H10N4O3S/c1-7-14-8(6-20-7)5-13-12-15-11-9(16(17)18)3-2-4-10(11)19-12/h2-4,6H,5H2,1H3,(H,13,15). The molecule has 0 fully saturated rings. The first-order valence-electron chi connectivity index (χ1n) is 5.82. The molecule has 3 rings (SSSR count). The van der Waals surface area contributed by atoms with Crippen LogP contribution in [0.2, 0.25) is 0 Å². The Labute approximate surface area is 117 Å². The molecule has 0 aliphatic heterocycles. The number of anilines is 1. The van der Waals surface area contributed by atoms with Gasteiger partial charge in [0.1, 0.15) is 0 Å². The van der Waals surface area contributed by atoms with E-state index < -0.39 is 4.92 Å². The zero-order valence-electron chi connectivity index (χ0n) is 10.5. The van der Waals surface area contributed by atoms with Gasteiger partial charge in [-0.1, -0.05) is 6.07 Å². The minimum Gasteiger partial charge on any atom is -0.423 e. The van der Waals surface area contributed by atoms with Crippen molar-refractivity contribution in [1.29, 1.82) is 0 Å². The van der Waals surface area contributed by atoms with Crippen molar-refractivity contribution in [2.75, 3.05) is 5.32 Å². The van der Waals surface area contributed by atoms with Gasteiger partial charge in [0.15, 0.2) is 11.1 Å². The van der Waals surface area contributed by atoms with Crippen LogP contribution in [0.15, 0.2) is 28.0 Å². The molecular formula is C12H10N4O3S. The molecule has 7 nitrogen and oxygen atoms in total. The second kappa shape index (κ2) is 4.89. The number of nitrogens with one attached hydrogen (secondary N) is 1. The highest BCUT2D eigenvalue weighted by atomic mass is 32.1. The minimum atomic E-state index is -0.474. The fourth-order valence-corrected chi connectivity index (χ4v) is 2.43. The summed E-state index contributed by atoms with van der Waals surface area (Å²) in [6.07, 6.45) is 0. The second-order valence-electron chi connectivity index (χ2n) is 4.11. The van der Waals surface area contributed by atoms with Gasteiger partial charge in [-0.2, -0.15) is 4.98 Å². The van der Waals surface area contributed by atoms with Crippen molar-refractivity contribution in [3.8, 4) is 0 Å². The summed E-state index contributed by atoms with van der Waals surface area (Å²) in [5.74, 6) is 0. The van der Waals surface area contributed by atoms with E-state index in [1.54, 1.807) is 23.5 Å². The summed E-state index contributed by atoms with van der Waals surface area (Å²) in [6.45, 7) is 2.39. The van der Waals surface area contributed by atoms with Gasteiger partial charge >= 0.3 is 0 Å². The molecule has 0 saturated carbocycles. The summed E-state index contributed by atoms with van der Waals surface area (Å²) in [5, 5.41) is 16.8. The van der Waals surface area contributed by atoms with Gasteiger partial charge < -0.3 is 9.73 Å². The van der Waals surface area contributed by atoms with Crippen LogP contribution in [0.4, 0.5) is 11.7 Å². The van der Waals surface area contributed by atoms with E-state index in [1.165, 1.54) is 6.07 Å². The topological polar surface area (TPSA) is 94.1 Å². The van der Waals surface area contributed by atoms with Gasteiger partial charge in [0.05, 0.1) is 22.2 Å². The summed E-state index contributed by atoms with van der Waals surface area (Å²) in [5.41, 5.74) is 1.44. The van der Waals surface area contributed by atoms with Crippen LogP contribution in [0.5, 0.6) is 0 Å². The lowest BCUT2D eigenvalue weighted by Crippen LogP contribution is -1.99. The summed E-state index contributed by atoms with van der Waals surface area (Å²) < 4.78 is 5.44. The van der Waals surface area contributed by atoms with E-state index in [0.29, 0.717) is 12.1 Å². The summed E-state index contributed by atoms with van der Waals surface area (Å²) in [6, 6.07) is 4.87. The quantitative estimate of drug-likeness (QED) is 0.586. The van der Waals surface area contributed by atoms with Crippen molar-refractivity contribution in [2.24, 2.45) is 0 Å². The number of aromatic nitrogens is 2. The Morgan fingerprint density at radius 2 is 2.30 bits per heavy atom. The number of aryl methyl sites for hydroxylation is 1. The monoisotopic (exact) mass is 290 g/mol. The molecular weight excluding hydrogens is 280 g/mol. The normalized spacial score (nSPS) is 10.8. The van der Waals surface area contributed by atoms with E-state index in [-0.39, 0.29) is 17.2 Å². The third-order valence-corrected chi connectivity index (χ3v) is 3.50. The van der Waals surface area contributed by atoms with Crippen molar-refractivity contribution >= 4 is 34.1 Å². The lowest BCUT2D eigenvalue weighted by atomic mass is 10.3. The smallest absolute Gasteiger partial charge is 0.298 e. The predicted molar refractivity (Wildman–Crippen MR) is 74.8 cm³/mol. The van der Waals surface area contributed by atoms with Crippen molar-refractivity contribution in [3.63, 3.8) is 0 Å². The number of hydrogen-bond donors (Lipinski definition) is 1. The second-order valence-corrected chi connectivity index (χ2v) is 5.17. The number of thiazole rings is 1. The lowest BCUT2D eigenvalue weighted by Gasteiger charge is -1.96. The van der Waals surface area contributed by atoms with Crippen LogP contribution in [0, 0.1) is 17.0 Å². The molecule has 0 radical (unpaired) electrons. The van der Waals surface area contributed by atoms with Crippen LogP contribution >= 0.6 is 11.3 Å². The molecule has 0 saturated heterocycles. The highest BCUT2D eigenvalue weighted by molar-refractivity contribution is 7.09. The Morgan fingerprint density at radius 1 is 1.45 bits per heavy atom. The first-order valence-corrected chi connectivity index (χ1v) is 6.70. The van der Waals surface area contributed by atoms with E-state index in [4.69, 9.17) is 4.42 Å². The fourth-order valence-electron chi connectivity index (χ4n) is 1.81. The van der Waals surface area contributed by atoms with E-state index in [0.717, 1.165) is 10.7 Å². The van der Waals surface area contributed by atoms with Gasteiger partial charge in [-0.05, 0) is 13.0 Å². The number of benzene rings is 1. The van der Waals surface area contributed by atoms with Gasteiger partial charge in [-0.3, -0.25) is 10.1 Å². The number of non-ortho nitro benzene ring substituents is 1. The molecule has 3 aromatic rings. The number of para-hydroxylation sites is 1. The Bertz CT molecular complexity index is 780. The van der Waals surface area contributed by atoms with Crippen LogP contribution < -0.4 is 5.32 Å². The maximum Gasteiger partial charge on any atom is 0.298 e. The molecule has 0 amide bonds. The number of fused-ring (bicyclic) bond motifs is 1. The van der Waals surface area contributed by atoms with E-state index in [9.17, 15) is 10.1 Å². The Kier molecular flexibility index (Phi) is 3.07. The van der Waals surface area contributed by atoms with Crippen LogP contribution in [0.1, 0.15) is 10.7 Å². The van der Waals surface area contributed by atoms with Crippen molar-refractivity contribution in [1.82, 2.24) is 9.97 Å². The molecule has 0 atom stereocenters. The minimum absolute atomic E-state index is 0.0659. The van der Waals surface area contributed by atoms with Gasteiger partial charge in [0, 0.05) is 11.4 Å². The summed E-state index contributed by atoms with van der Waals surface area (Å²) in [7, 11) is 0. The largest absolute Gasteiger partial charge is 0.423 e. The Morgan fingerprint density at radius 3 is 3.00 bits per heavy atom. The molecule has 0 aliphatic carbocycles. The molecule has 0 unspecified atom stereocenters. The molecule has 102 valence electrons. The molecule has 0 aliphatic rings. The molecule has 0 bridgehead atoms. The van der Waals surface area contributed by atoms with Crippen molar-refractivity contribution < 1.29 is 9.34 Å². The van der Waals surface area contributed by atoms with Crippen molar-refractivity contribution in [3.05, 3.63) is 44.4 Å². The first kappa shape index (κ1) is 12.5. The molecule has 20 heavy (non-hydrogen) atoms. The third-order valence-electron chi connectivity index (χ3n) is 2.68. The lowest BCUT2D eigenvalue weighted by molar-refractivity contribution is -0.383. The Hall–Kier alpha value is -2.48. The average molecular weight is 290 g/mol. The van der Waals surface area contributed by atoms with E-state index in [1.807, 2.05) is 12.3 Å². The maximum absolute atomic E-state index is 10.9. The number of hydrogen-bond acceptors (Lipinski definition) is 7. The molecule has 1 N–H and O–H groups in total. The van der Waals surface area contributed by atoms with Gasteiger partial charge in [-0.25, -0.2) is 4.98 Å². The van der Waals surface area contributed by atoms with Crippen molar-refractivity contribution in [2.45, 2.75) is 13.5 Å². The molecule has 1 aromatic carbocycles. The van der Waals surface area contributed by atoms with Crippen LogP contribution in [-0.2, 0) is 6.54 Å². The van der Waals surface area contributed by atoms with Crippen LogP contribution in [0.25, 0.3) is 11.1 Å².